The van der Waals surface area contributed by atoms with E-state index in [0.29, 0.717) is 23.0 Å². The van der Waals surface area contributed by atoms with Crippen molar-refractivity contribution in [1.29, 1.82) is 0 Å². The molecule has 1 heterocycles. The average molecular weight is 387 g/mol. The molecular formula is C19H31ClN2O2S. The SMILES string of the molecule is CC(C)OCC1CCC(CSc2cnn(C(C)(C)C)c(=O)c2Cl)CC1. The summed E-state index contributed by atoms with van der Waals surface area (Å²) in [7, 11) is 0. The molecule has 6 heteroatoms. The molecule has 2 rings (SSSR count). The Morgan fingerprint density at radius 2 is 1.88 bits per heavy atom. The first-order valence-electron chi connectivity index (χ1n) is 9.21. The third kappa shape index (κ3) is 6.00. The number of halogens is 1. The van der Waals surface area contributed by atoms with Crippen LogP contribution in [0.5, 0.6) is 0 Å². The predicted molar refractivity (Wildman–Crippen MR) is 106 cm³/mol. The summed E-state index contributed by atoms with van der Waals surface area (Å²) < 4.78 is 7.20. The zero-order chi connectivity index (χ0) is 18.6. The van der Waals surface area contributed by atoms with E-state index in [-0.39, 0.29) is 11.1 Å². The lowest BCUT2D eigenvalue weighted by atomic mass is 9.83. The van der Waals surface area contributed by atoms with Crippen molar-refractivity contribution in [3.8, 4) is 0 Å². The quantitative estimate of drug-likeness (QED) is 0.647. The number of nitrogens with zero attached hydrogens (tertiary/aromatic N) is 2. The average Bonchev–Trinajstić information content (AvgIpc) is 2.54. The molecule has 0 atom stereocenters. The Morgan fingerprint density at radius 3 is 2.44 bits per heavy atom. The van der Waals surface area contributed by atoms with Gasteiger partial charge in [-0.2, -0.15) is 5.10 Å². The molecule has 0 N–H and O–H groups in total. The van der Waals surface area contributed by atoms with Crippen molar-refractivity contribution in [3.63, 3.8) is 0 Å². The van der Waals surface area contributed by atoms with Crippen molar-refractivity contribution >= 4 is 23.4 Å². The highest BCUT2D eigenvalue weighted by Gasteiger charge is 2.23. The number of thioether (sulfide) groups is 1. The highest BCUT2D eigenvalue weighted by molar-refractivity contribution is 7.99. The summed E-state index contributed by atoms with van der Waals surface area (Å²) in [6.07, 6.45) is 6.97. The fourth-order valence-corrected chi connectivity index (χ4v) is 4.47. The van der Waals surface area contributed by atoms with Crippen LogP contribution in [0.1, 0.15) is 60.3 Å². The smallest absolute Gasteiger partial charge is 0.287 e. The molecule has 1 aliphatic carbocycles. The highest BCUT2D eigenvalue weighted by Crippen LogP contribution is 2.34. The fourth-order valence-electron chi connectivity index (χ4n) is 3.10. The lowest BCUT2D eigenvalue weighted by Crippen LogP contribution is -2.36. The van der Waals surface area contributed by atoms with E-state index in [1.165, 1.54) is 30.4 Å². The van der Waals surface area contributed by atoms with Gasteiger partial charge in [-0.25, -0.2) is 4.68 Å². The molecular weight excluding hydrogens is 356 g/mol. The molecule has 1 saturated carbocycles. The summed E-state index contributed by atoms with van der Waals surface area (Å²) in [4.78, 5) is 13.2. The van der Waals surface area contributed by atoms with Crippen LogP contribution in [0.2, 0.25) is 5.02 Å². The summed E-state index contributed by atoms with van der Waals surface area (Å²) in [6, 6.07) is 0. The summed E-state index contributed by atoms with van der Waals surface area (Å²) in [5, 5.41) is 4.61. The molecule has 0 bridgehead atoms. The maximum atomic E-state index is 12.4. The van der Waals surface area contributed by atoms with Gasteiger partial charge in [0.25, 0.3) is 5.56 Å². The van der Waals surface area contributed by atoms with E-state index in [1.807, 2.05) is 20.8 Å². The van der Waals surface area contributed by atoms with Gasteiger partial charge in [0.05, 0.1) is 22.7 Å². The van der Waals surface area contributed by atoms with Crippen LogP contribution in [0.3, 0.4) is 0 Å². The van der Waals surface area contributed by atoms with Crippen LogP contribution >= 0.6 is 23.4 Å². The van der Waals surface area contributed by atoms with Gasteiger partial charge >= 0.3 is 0 Å². The number of ether oxygens (including phenoxy) is 1. The third-order valence-electron chi connectivity index (χ3n) is 4.63. The third-order valence-corrected chi connectivity index (χ3v) is 6.36. The monoisotopic (exact) mass is 386 g/mol. The lowest BCUT2D eigenvalue weighted by molar-refractivity contribution is 0.0377. The Morgan fingerprint density at radius 1 is 1.28 bits per heavy atom. The fraction of sp³-hybridized carbons (Fsp3) is 0.789. The molecule has 1 fully saturated rings. The predicted octanol–water partition coefficient (Wildman–Crippen LogP) is 4.98. The Labute approximate surface area is 160 Å². The molecule has 25 heavy (non-hydrogen) atoms. The van der Waals surface area contributed by atoms with Gasteiger partial charge in [-0.05, 0) is 72.1 Å². The Kier molecular flexibility index (Phi) is 7.41. The van der Waals surface area contributed by atoms with E-state index in [1.54, 1.807) is 18.0 Å². The van der Waals surface area contributed by atoms with Crippen LogP contribution in [0.25, 0.3) is 0 Å². The van der Waals surface area contributed by atoms with E-state index in [9.17, 15) is 4.79 Å². The van der Waals surface area contributed by atoms with Gasteiger partial charge in [0.2, 0.25) is 0 Å². The van der Waals surface area contributed by atoms with E-state index >= 15 is 0 Å². The molecule has 1 aromatic rings. The molecule has 0 aliphatic heterocycles. The van der Waals surface area contributed by atoms with Crippen molar-refractivity contribution in [2.75, 3.05) is 12.4 Å². The maximum absolute atomic E-state index is 12.4. The molecule has 142 valence electrons. The molecule has 0 spiro atoms. The molecule has 0 aromatic carbocycles. The van der Waals surface area contributed by atoms with E-state index < -0.39 is 0 Å². The van der Waals surface area contributed by atoms with Gasteiger partial charge in [-0.3, -0.25) is 4.79 Å². The van der Waals surface area contributed by atoms with Crippen LogP contribution in [-0.2, 0) is 10.3 Å². The zero-order valence-corrected chi connectivity index (χ0v) is 17.6. The summed E-state index contributed by atoms with van der Waals surface area (Å²) >= 11 is 7.97. The normalized spacial score (nSPS) is 21.7. The van der Waals surface area contributed by atoms with Crippen LogP contribution in [0.4, 0.5) is 0 Å². The summed E-state index contributed by atoms with van der Waals surface area (Å²) in [5.41, 5.74) is -0.561. The Balaban J connectivity index is 1.87. The number of rotatable bonds is 6. The zero-order valence-electron chi connectivity index (χ0n) is 16.0. The van der Waals surface area contributed by atoms with Crippen molar-refractivity contribution in [2.45, 2.75) is 76.8 Å². The van der Waals surface area contributed by atoms with E-state index in [4.69, 9.17) is 16.3 Å². The first-order chi connectivity index (χ1) is 11.7. The minimum Gasteiger partial charge on any atom is -0.379 e. The summed E-state index contributed by atoms with van der Waals surface area (Å²) in [5.74, 6) is 2.38. The number of hydrogen-bond donors (Lipinski definition) is 0. The second-order valence-corrected chi connectivity index (χ2v) is 9.73. The van der Waals surface area contributed by atoms with E-state index in [0.717, 1.165) is 17.3 Å². The standard InChI is InChI=1S/C19H31ClN2O2S/c1-13(2)24-11-14-6-8-15(9-7-14)12-25-16-10-21-22(19(3,4)5)18(23)17(16)20/h10,13-15H,6-9,11-12H2,1-5H3. The van der Waals surface area contributed by atoms with E-state index in [2.05, 4.69) is 18.9 Å². The number of aromatic nitrogens is 2. The molecule has 1 aromatic heterocycles. The van der Waals surface area contributed by atoms with Crippen molar-refractivity contribution in [2.24, 2.45) is 11.8 Å². The maximum Gasteiger partial charge on any atom is 0.287 e. The first-order valence-corrected chi connectivity index (χ1v) is 10.6. The second-order valence-electron chi connectivity index (χ2n) is 8.29. The van der Waals surface area contributed by atoms with Crippen LogP contribution in [0.15, 0.2) is 15.9 Å². The molecule has 0 radical (unpaired) electrons. The van der Waals surface area contributed by atoms with Gasteiger partial charge in [-0.15, -0.1) is 11.8 Å². The molecule has 0 saturated heterocycles. The van der Waals surface area contributed by atoms with Gasteiger partial charge in [0.1, 0.15) is 5.02 Å². The molecule has 0 amide bonds. The van der Waals surface area contributed by atoms with Gasteiger partial charge in [0, 0.05) is 12.4 Å². The highest BCUT2D eigenvalue weighted by atomic mass is 35.5. The minimum absolute atomic E-state index is 0.200. The first kappa shape index (κ1) is 20.8. The van der Waals surface area contributed by atoms with Crippen molar-refractivity contribution < 1.29 is 4.74 Å². The summed E-state index contributed by atoms with van der Waals surface area (Å²) in [6.45, 7) is 10.9. The van der Waals surface area contributed by atoms with Crippen molar-refractivity contribution in [1.82, 2.24) is 9.78 Å². The largest absolute Gasteiger partial charge is 0.379 e. The van der Waals surface area contributed by atoms with Crippen LogP contribution < -0.4 is 5.56 Å². The van der Waals surface area contributed by atoms with Crippen LogP contribution in [-0.4, -0.2) is 28.2 Å². The number of hydrogen-bond acceptors (Lipinski definition) is 4. The molecule has 4 nitrogen and oxygen atoms in total. The van der Waals surface area contributed by atoms with Gasteiger partial charge in [-0.1, -0.05) is 11.6 Å². The van der Waals surface area contributed by atoms with Gasteiger partial charge < -0.3 is 4.74 Å². The molecule has 1 aliphatic rings. The lowest BCUT2D eigenvalue weighted by Gasteiger charge is -2.28. The molecule has 0 unspecified atom stereocenters. The Bertz CT molecular complexity index is 617. The van der Waals surface area contributed by atoms with Gasteiger partial charge in [0.15, 0.2) is 0 Å². The van der Waals surface area contributed by atoms with Crippen molar-refractivity contribution in [3.05, 3.63) is 21.6 Å². The topological polar surface area (TPSA) is 44.1 Å². The minimum atomic E-state index is -0.361. The Hall–Kier alpha value is -0.520. The second kappa shape index (κ2) is 8.92. The van der Waals surface area contributed by atoms with Crippen LogP contribution in [0, 0.1) is 11.8 Å².